The van der Waals surface area contributed by atoms with E-state index in [-0.39, 0.29) is 5.91 Å². The van der Waals surface area contributed by atoms with Gasteiger partial charge in [-0.05, 0) is 30.3 Å². The van der Waals surface area contributed by atoms with E-state index in [1.165, 1.54) is 6.20 Å². The van der Waals surface area contributed by atoms with E-state index in [2.05, 4.69) is 20.6 Å². The summed E-state index contributed by atoms with van der Waals surface area (Å²) in [6.07, 6.45) is 5.13. The summed E-state index contributed by atoms with van der Waals surface area (Å²) in [5.74, 6) is 0.595. The first kappa shape index (κ1) is 13.9. The van der Waals surface area contributed by atoms with E-state index in [4.69, 9.17) is 4.74 Å². The second kappa shape index (κ2) is 6.13. The van der Waals surface area contributed by atoms with E-state index < -0.39 is 0 Å². The van der Waals surface area contributed by atoms with Crippen LogP contribution in [0.4, 0.5) is 0 Å². The quantitative estimate of drug-likeness (QED) is 0.748. The highest BCUT2D eigenvalue weighted by Gasteiger charge is 2.07. The van der Waals surface area contributed by atoms with Gasteiger partial charge in [-0.25, -0.2) is 4.68 Å². The number of hydrogen-bond donors (Lipinski definition) is 2. The molecule has 0 aliphatic heterocycles. The zero-order valence-corrected chi connectivity index (χ0v) is 12.0. The first-order valence-corrected chi connectivity index (χ1v) is 6.72. The molecule has 7 nitrogen and oxygen atoms in total. The number of carbonyl (C=O) groups excluding carboxylic acids is 1. The topological polar surface area (TPSA) is 84.8 Å². The van der Waals surface area contributed by atoms with Crippen molar-refractivity contribution in [3.8, 4) is 11.4 Å². The standard InChI is InChI=1S/C15H15N5O2/c1-22-13-4-2-12(3-5-13)20-10-11(9-18-20)8-16-15(21)14-6-7-17-19-14/h2-7,9-10H,8H2,1H3,(H,16,21)(H,17,19). The van der Waals surface area contributed by atoms with Gasteiger partial charge >= 0.3 is 0 Å². The molecule has 0 aliphatic carbocycles. The van der Waals surface area contributed by atoms with Gasteiger partial charge in [-0.3, -0.25) is 9.89 Å². The van der Waals surface area contributed by atoms with E-state index in [0.717, 1.165) is 17.0 Å². The second-order valence-electron chi connectivity index (χ2n) is 4.64. The number of hydrogen-bond acceptors (Lipinski definition) is 4. The number of aromatic amines is 1. The molecular formula is C15H15N5O2. The average molecular weight is 297 g/mol. The van der Waals surface area contributed by atoms with Gasteiger partial charge in [-0.15, -0.1) is 0 Å². The highest BCUT2D eigenvalue weighted by molar-refractivity contribution is 5.91. The summed E-state index contributed by atoms with van der Waals surface area (Å²) >= 11 is 0. The van der Waals surface area contributed by atoms with Crippen LogP contribution in [-0.4, -0.2) is 33.0 Å². The van der Waals surface area contributed by atoms with Gasteiger partial charge in [0.05, 0.1) is 19.0 Å². The van der Waals surface area contributed by atoms with Gasteiger partial charge in [-0.1, -0.05) is 0 Å². The molecule has 112 valence electrons. The first-order valence-electron chi connectivity index (χ1n) is 6.72. The van der Waals surface area contributed by atoms with Crippen LogP contribution < -0.4 is 10.1 Å². The zero-order valence-electron chi connectivity index (χ0n) is 12.0. The van der Waals surface area contributed by atoms with Crippen LogP contribution in [0.5, 0.6) is 5.75 Å². The minimum atomic E-state index is -0.199. The molecule has 0 radical (unpaired) electrons. The maximum absolute atomic E-state index is 11.8. The first-order chi connectivity index (χ1) is 10.8. The molecule has 2 N–H and O–H groups in total. The Morgan fingerprint density at radius 2 is 2.14 bits per heavy atom. The van der Waals surface area contributed by atoms with Crippen LogP contribution in [0, 0.1) is 0 Å². The third-order valence-electron chi connectivity index (χ3n) is 3.17. The molecule has 0 saturated heterocycles. The number of amides is 1. The van der Waals surface area contributed by atoms with Crippen LogP contribution in [0.15, 0.2) is 48.9 Å². The van der Waals surface area contributed by atoms with Gasteiger partial charge in [0.2, 0.25) is 0 Å². The fourth-order valence-electron chi connectivity index (χ4n) is 1.99. The maximum Gasteiger partial charge on any atom is 0.269 e. The van der Waals surface area contributed by atoms with Crippen molar-refractivity contribution < 1.29 is 9.53 Å². The Kier molecular flexibility index (Phi) is 3.86. The molecule has 0 bridgehead atoms. The van der Waals surface area contributed by atoms with Gasteiger partial charge in [0, 0.05) is 24.5 Å². The normalized spacial score (nSPS) is 10.4. The average Bonchev–Trinajstić information content (AvgIpc) is 3.24. The van der Waals surface area contributed by atoms with Crippen molar-refractivity contribution in [2.75, 3.05) is 7.11 Å². The molecule has 1 aromatic carbocycles. The number of nitrogens with zero attached hydrogens (tertiary/aromatic N) is 3. The number of aromatic nitrogens is 4. The monoisotopic (exact) mass is 297 g/mol. The number of rotatable bonds is 5. The Bertz CT molecular complexity index is 747. The Morgan fingerprint density at radius 3 is 2.82 bits per heavy atom. The number of methoxy groups -OCH3 is 1. The van der Waals surface area contributed by atoms with Crippen molar-refractivity contribution in [3.63, 3.8) is 0 Å². The van der Waals surface area contributed by atoms with Gasteiger partial charge < -0.3 is 10.1 Å². The van der Waals surface area contributed by atoms with Crippen LogP contribution in [0.1, 0.15) is 16.1 Å². The predicted molar refractivity (Wildman–Crippen MR) is 79.9 cm³/mol. The van der Waals surface area contributed by atoms with Crippen molar-refractivity contribution in [3.05, 3.63) is 60.2 Å². The smallest absolute Gasteiger partial charge is 0.269 e. The van der Waals surface area contributed by atoms with E-state index >= 15 is 0 Å². The van der Waals surface area contributed by atoms with Crippen LogP contribution in [0.3, 0.4) is 0 Å². The van der Waals surface area contributed by atoms with Crippen LogP contribution in [0.25, 0.3) is 5.69 Å². The zero-order chi connectivity index (χ0) is 15.4. The molecule has 0 saturated carbocycles. The lowest BCUT2D eigenvalue weighted by Crippen LogP contribution is -2.22. The fraction of sp³-hybridized carbons (Fsp3) is 0.133. The van der Waals surface area contributed by atoms with Crippen molar-refractivity contribution in [1.29, 1.82) is 0 Å². The summed E-state index contributed by atoms with van der Waals surface area (Å²) in [6, 6.07) is 9.20. The molecule has 0 atom stereocenters. The minimum Gasteiger partial charge on any atom is -0.497 e. The van der Waals surface area contributed by atoms with Crippen LogP contribution >= 0.6 is 0 Å². The minimum absolute atomic E-state index is 0.199. The van der Waals surface area contributed by atoms with Crippen LogP contribution in [-0.2, 0) is 6.54 Å². The SMILES string of the molecule is COc1ccc(-n2cc(CNC(=O)c3ccn[nH]3)cn2)cc1. The van der Waals surface area contributed by atoms with Crippen molar-refractivity contribution in [1.82, 2.24) is 25.3 Å². The van der Waals surface area contributed by atoms with Gasteiger partial charge in [0.15, 0.2) is 0 Å². The molecule has 7 heteroatoms. The van der Waals surface area contributed by atoms with Crippen LogP contribution in [0.2, 0.25) is 0 Å². The third-order valence-corrected chi connectivity index (χ3v) is 3.17. The van der Waals surface area contributed by atoms with E-state index in [0.29, 0.717) is 12.2 Å². The lowest BCUT2D eigenvalue weighted by molar-refractivity contribution is 0.0946. The summed E-state index contributed by atoms with van der Waals surface area (Å²) in [5, 5.41) is 13.5. The van der Waals surface area contributed by atoms with Crippen molar-refractivity contribution >= 4 is 5.91 Å². The maximum atomic E-state index is 11.8. The predicted octanol–water partition coefficient (Wildman–Crippen LogP) is 1.53. The van der Waals surface area contributed by atoms with E-state index in [1.807, 2.05) is 30.5 Å². The molecule has 1 amide bonds. The van der Waals surface area contributed by atoms with Gasteiger partial charge in [-0.2, -0.15) is 10.2 Å². The van der Waals surface area contributed by atoms with E-state index in [1.54, 1.807) is 24.1 Å². The van der Waals surface area contributed by atoms with Gasteiger partial charge in [0.1, 0.15) is 11.4 Å². The highest BCUT2D eigenvalue weighted by Crippen LogP contribution is 2.14. The summed E-state index contributed by atoms with van der Waals surface area (Å²) in [6.45, 7) is 0.397. The number of H-pyrrole nitrogens is 1. The summed E-state index contributed by atoms with van der Waals surface area (Å²) in [7, 11) is 1.63. The Hall–Kier alpha value is -3.09. The van der Waals surface area contributed by atoms with Crippen molar-refractivity contribution in [2.45, 2.75) is 6.54 Å². The summed E-state index contributed by atoms with van der Waals surface area (Å²) < 4.78 is 6.87. The summed E-state index contributed by atoms with van der Waals surface area (Å²) in [4.78, 5) is 11.8. The largest absolute Gasteiger partial charge is 0.497 e. The third kappa shape index (κ3) is 2.98. The molecule has 2 heterocycles. The molecule has 0 fully saturated rings. The number of ether oxygens (including phenoxy) is 1. The molecule has 3 aromatic rings. The number of benzene rings is 1. The molecular weight excluding hydrogens is 282 g/mol. The van der Waals surface area contributed by atoms with Crippen molar-refractivity contribution in [2.24, 2.45) is 0 Å². The Labute approximate surface area is 126 Å². The lowest BCUT2D eigenvalue weighted by atomic mass is 10.3. The lowest BCUT2D eigenvalue weighted by Gasteiger charge is -2.03. The fourth-order valence-corrected chi connectivity index (χ4v) is 1.99. The molecule has 0 unspecified atom stereocenters. The number of carbonyl (C=O) groups is 1. The highest BCUT2D eigenvalue weighted by atomic mass is 16.5. The molecule has 3 rings (SSSR count). The Morgan fingerprint density at radius 1 is 1.32 bits per heavy atom. The van der Waals surface area contributed by atoms with Gasteiger partial charge in [0.25, 0.3) is 5.91 Å². The Balaban J connectivity index is 1.64. The molecule has 22 heavy (non-hydrogen) atoms. The summed E-state index contributed by atoms with van der Waals surface area (Å²) in [5.41, 5.74) is 2.26. The molecule has 0 aliphatic rings. The number of nitrogens with one attached hydrogen (secondary N) is 2. The molecule has 2 aromatic heterocycles. The molecule has 0 spiro atoms. The van der Waals surface area contributed by atoms with E-state index in [9.17, 15) is 4.79 Å². The second-order valence-corrected chi connectivity index (χ2v) is 4.64.